The lowest BCUT2D eigenvalue weighted by Crippen LogP contribution is -2.11. The smallest absolute Gasteiger partial charge is 0.0542 e. The van der Waals surface area contributed by atoms with Gasteiger partial charge in [0.1, 0.15) is 0 Å². The zero-order valence-corrected chi connectivity index (χ0v) is 12.1. The molecule has 2 rings (SSSR count). The molecule has 1 atom stereocenters. The largest absolute Gasteiger partial charge is 0.378 e. The summed E-state index contributed by atoms with van der Waals surface area (Å²) in [5.41, 5.74) is 3.66. The standard InChI is InChI=1S/C15H22N4/c1-12(14-9-16-19(4)11-14)17-15-7-5-6-13(8-15)10-18(2)3/h5-9,11-12,17H,10H2,1-4H3. The van der Waals surface area contributed by atoms with Crippen molar-refractivity contribution in [3.63, 3.8) is 0 Å². The van der Waals surface area contributed by atoms with Gasteiger partial charge in [-0.3, -0.25) is 4.68 Å². The second-order valence-electron chi connectivity index (χ2n) is 5.25. The van der Waals surface area contributed by atoms with Crippen LogP contribution < -0.4 is 5.32 Å². The Hall–Kier alpha value is -1.81. The van der Waals surface area contributed by atoms with Gasteiger partial charge in [-0.25, -0.2) is 0 Å². The van der Waals surface area contributed by atoms with Crippen LogP contribution in [0.25, 0.3) is 0 Å². The maximum absolute atomic E-state index is 4.21. The first-order valence-corrected chi connectivity index (χ1v) is 6.53. The van der Waals surface area contributed by atoms with Gasteiger partial charge in [-0.15, -0.1) is 0 Å². The van der Waals surface area contributed by atoms with Crippen molar-refractivity contribution in [3.8, 4) is 0 Å². The van der Waals surface area contributed by atoms with Crippen molar-refractivity contribution < 1.29 is 0 Å². The zero-order chi connectivity index (χ0) is 13.8. The van der Waals surface area contributed by atoms with Crippen molar-refractivity contribution >= 4 is 5.69 Å². The van der Waals surface area contributed by atoms with E-state index in [9.17, 15) is 0 Å². The molecule has 0 aliphatic heterocycles. The Bertz CT molecular complexity index is 530. The van der Waals surface area contributed by atoms with Crippen molar-refractivity contribution in [3.05, 3.63) is 47.8 Å². The van der Waals surface area contributed by atoms with Crippen LogP contribution in [0.5, 0.6) is 0 Å². The second kappa shape index (κ2) is 5.89. The van der Waals surface area contributed by atoms with Gasteiger partial charge in [-0.2, -0.15) is 5.10 Å². The van der Waals surface area contributed by atoms with Crippen molar-refractivity contribution in [1.29, 1.82) is 0 Å². The number of hydrogen-bond donors (Lipinski definition) is 1. The third-order valence-corrected chi connectivity index (χ3v) is 3.03. The van der Waals surface area contributed by atoms with E-state index in [0.29, 0.717) is 0 Å². The van der Waals surface area contributed by atoms with Gasteiger partial charge in [0.25, 0.3) is 0 Å². The summed E-state index contributed by atoms with van der Waals surface area (Å²) in [5, 5.41) is 7.72. The summed E-state index contributed by atoms with van der Waals surface area (Å²) in [6, 6.07) is 8.80. The van der Waals surface area contributed by atoms with E-state index in [4.69, 9.17) is 0 Å². The quantitative estimate of drug-likeness (QED) is 0.895. The van der Waals surface area contributed by atoms with E-state index in [2.05, 4.69) is 60.6 Å². The van der Waals surface area contributed by atoms with E-state index in [1.165, 1.54) is 11.1 Å². The van der Waals surface area contributed by atoms with Crippen LogP contribution in [0.15, 0.2) is 36.7 Å². The summed E-state index contributed by atoms with van der Waals surface area (Å²) in [6.45, 7) is 3.10. The third-order valence-electron chi connectivity index (χ3n) is 3.03. The highest BCUT2D eigenvalue weighted by atomic mass is 15.2. The lowest BCUT2D eigenvalue weighted by molar-refractivity contribution is 0.402. The average molecular weight is 258 g/mol. The van der Waals surface area contributed by atoms with Crippen molar-refractivity contribution in [2.75, 3.05) is 19.4 Å². The lowest BCUT2D eigenvalue weighted by Gasteiger charge is -2.15. The molecule has 0 saturated carbocycles. The molecule has 0 amide bonds. The van der Waals surface area contributed by atoms with E-state index in [1.54, 1.807) is 0 Å². The van der Waals surface area contributed by atoms with Crippen LogP contribution in [0, 0.1) is 0 Å². The molecule has 1 aromatic carbocycles. The molecular weight excluding hydrogens is 236 g/mol. The van der Waals surface area contributed by atoms with Gasteiger partial charge < -0.3 is 10.2 Å². The van der Waals surface area contributed by atoms with Gasteiger partial charge in [-0.05, 0) is 38.7 Å². The molecule has 0 saturated heterocycles. The average Bonchev–Trinajstić information content (AvgIpc) is 2.75. The van der Waals surface area contributed by atoms with Crippen LogP contribution in [0.4, 0.5) is 5.69 Å². The first kappa shape index (κ1) is 13.6. The van der Waals surface area contributed by atoms with Crippen LogP contribution in [0.3, 0.4) is 0 Å². The highest BCUT2D eigenvalue weighted by Crippen LogP contribution is 2.19. The molecule has 1 aromatic heterocycles. The normalized spacial score (nSPS) is 12.7. The number of rotatable bonds is 5. The Morgan fingerprint density at radius 2 is 2.16 bits per heavy atom. The minimum absolute atomic E-state index is 0.253. The maximum atomic E-state index is 4.21. The van der Waals surface area contributed by atoms with Crippen molar-refractivity contribution in [2.24, 2.45) is 7.05 Å². The van der Waals surface area contributed by atoms with E-state index < -0.39 is 0 Å². The Kier molecular flexibility index (Phi) is 4.22. The molecule has 0 radical (unpaired) electrons. The minimum atomic E-state index is 0.253. The molecule has 4 heteroatoms. The van der Waals surface area contributed by atoms with E-state index in [1.807, 2.05) is 24.1 Å². The maximum Gasteiger partial charge on any atom is 0.0542 e. The summed E-state index contributed by atoms with van der Waals surface area (Å²) in [7, 11) is 6.10. The molecule has 0 aliphatic carbocycles. The SMILES string of the molecule is CC(Nc1cccc(CN(C)C)c1)c1cnn(C)c1. The summed E-state index contributed by atoms with van der Waals surface area (Å²) in [6.07, 6.45) is 3.95. The molecule has 0 spiro atoms. The second-order valence-corrected chi connectivity index (χ2v) is 5.25. The molecule has 1 N–H and O–H groups in total. The molecule has 2 aromatic rings. The Labute approximate surface area is 115 Å². The molecule has 1 unspecified atom stereocenters. The predicted molar refractivity (Wildman–Crippen MR) is 79.1 cm³/mol. The lowest BCUT2D eigenvalue weighted by atomic mass is 10.1. The van der Waals surface area contributed by atoms with Gasteiger partial charge in [0, 0.05) is 31.0 Å². The number of aromatic nitrogens is 2. The Balaban J connectivity index is 2.06. The van der Waals surface area contributed by atoms with Gasteiger partial charge in [0.15, 0.2) is 0 Å². The highest BCUT2D eigenvalue weighted by Gasteiger charge is 2.07. The van der Waals surface area contributed by atoms with E-state index >= 15 is 0 Å². The topological polar surface area (TPSA) is 33.1 Å². The van der Waals surface area contributed by atoms with Crippen LogP contribution in [0.1, 0.15) is 24.1 Å². The monoisotopic (exact) mass is 258 g/mol. The molecular formula is C15H22N4. The first-order chi connectivity index (χ1) is 9.04. The summed E-state index contributed by atoms with van der Waals surface area (Å²) < 4.78 is 1.83. The fraction of sp³-hybridized carbons (Fsp3) is 0.400. The predicted octanol–water partition coefficient (Wildman–Crippen LogP) is 2.65. The third kappa shape index (κ3) is 3.83. The molecule has 0 aliphatic rings. The van der Waals surface area contributed by atoms with Gasteiger partial charge in [0.2, 0.25) is 0 Å². The van der Waals surface area contributed by atoms with Crippen molar-refractivity contribution in [1.82, 2.24) is 14.7 Å². The van der Waals surface area contributed by atoms with Crippen LogP contribution in [-0.4, -0.2) is 28.8 Å². The number of aryl methyl sites for hydroxylation is 1. The molecule has 4 nitrogen and oxygen atoms in total. The summed E-state index contributed by atoms with van der Waals surface area (Å²) in [4.78, 5) is 2.17. The molecule has 102 valence electrons. The van der Waals surface area contributed by atoms with E-state index in [-0.39, 0.29) is 6.04 Å². The number of benzene rings is 1. The number of hydrogen-bond acceptors (Lipinski definition) is 3. The fourth-order valence-corrected chi connectivity index (χ4v) is 2.12. The van der Waals surface area contributed by atoms with Crippen LogP contribution >= 0.6 is 0 Å². The molecule has 0 bridgehead atoms. The van der Waals surface area contributed by atoms with Crippen LogP contribution in [-0.2, 0) is 13.6 Å². The fourth-order valence-electron chi connectivity index (χ4n) is 2.12. The first-order valence-electron chi connectivity index (χ1n) is 6.53. The summed E-state index contributed by atoms with van der Waals surface area (Å²) in [5.74, 6) is 0. The molecule has 19 heavy (non-hydrogen) atoms. The zero-order valence-electron chi connectivity index (χ0n) is 12.1. The Morgan fingerprint density at radius 3 is 2.79 bits per heavy atom. The number of anilines is 1. The Morgan fingerprint density at radius 1 is 1.37 bits per heavy atom. The van der Waals surface area contributed by atoms with E-state index in [0.717, 1.165) is 12.2 Å². The number of nitrogens with zero attached hydrogens (tertiary/aromatic N) is 3. The van der Waals surface area contributed by atoms with Gasteiger partial charge in [0.05, 0.1) is 12.2 Å². The van der Waals surface area contributed by atoms with Crippen molar-refractivity contribution in [2.45, 2.75) is 19.5 Å². The van der Waals surface area contributed by atoms with Crippen LogP contribution in [0.2, 0.25) is 0 Å². The van der Waals surface area contributed by atoms with Gasteiger partial charge in [-0.1, -0.05) is 12.1 Å². The molecule has 1 heterocycles. The highest BCUT2D eigenvalue weighted by molar-refractivity contribution is 5.47. The van der Waals surface area contributed by atoms with Gasteiger partial charge >= 0.3 is 0 Å². The molecule has 0 fully saturated rings. The summed E-state index contributed by atoms with van der Waals surface area (Å²) >= 11 is 0. The minimum Gasteiger partial charge on any atom is -0.378 e. The number of nitrogens with one attached hydrogen (secondary N) is 1.